The number of nitriles is 1. The number of allylic oxidation sites excluding steroid dienone is 3. The summed E-state index contributed by atoms with van der Waals surface area (Å²) in [6.07, 6.45) is 2.53. The predicted octanol–water partition coefficient (Wildman–Crippen LogP) is 5.56. The number of hydrogen-bond donors (Lipinski definition) is 1. The van der Waals surface area contributed by atoms with E-state index < -0.39 is 51.2 Å². The minimum atomic E-state index is -2.33. The van der Waals surface area contributed by atoms with Gasteiger partial charge in [0.25, 0.3) is 0 Å². The fourth-order valence-corrected chi connectivity index (χ4v) is 3.61. The Morgan fingerprint density at radius 1 is 1.00 bits per heavy atom. The van der Waals surface area contributed by atoms with Crippen LogP contribution in [0.5, 0.6) is 0 Å². The van der Waals surface area contributed by atoms with Crippen LogP contribution in [0.1, 0.15) is 17.0 Å². The molecule has 0 fully saturated rings. The van der Waals surface area contributed by atoms with Crippen LogP contribution in [0.25, 0.3) is 11.1 Å². The van der Waals surface area contributed by atoms with Crippen molar-refractivity contribution in [3.8, 4) is 6.07 Å². The Labute approximate surface area is 202 Å². The minimum absolute atomic E-state index is 0.00240. The number of nitrogens with one attached hydrogen (secondary N) is 1. The van der Waals surface area contributed by atoms with Gasteiger partial charge in [-0.3, -0.25) is 0 Å². The van der Waals surface area contributed by atoms with E-state index in [9.17, 15) is 32.0 Å². The highest BCUT2D eigenvalue weighted by Gasteiger charge is 2.33. The molecular weight excluding hydrogens is 520 g/mol. The van der Waals surface area contributed by atoms with Crippen molar-refractivity contribution in [3.05, 3.63) is 91.8 Å². The number of H-pyrrole nitrogens is 1. The van der Waals surface area contributed by atoms with Crippen molar-refractivity contribution in [2.45, 2.75) is 0 Å². The van der Waals surface area contributed by atoms with Crippen LogP contribution in [0.4, 0.5) is 22.0 Å². The van der Waals surface area contributed by atoms with Crippen molar-refractivity contribution in [3.63, 3.8) is 0 Å². The Hall–Kier alpha value is -3.88. The first kappa shape index (κ1) is 24.3. The van der Waals surface area contributed by atoms with E-state index in [4.69, 9.17) is 32.7 Å². The van der Waals surface area contributed by atoms with Crippen LogP contribution in [0.2, 0.25) is 0 Å². The predicted molar refractivity (Wildman–Crippen MR) is 114 cm³/mol. The second kappa shape index (κ2) is 9.05. The normalized spacial score (nSPS) is 18.0. The number of rotatable bonds is 3. The molecule has 1 N–H and O–H groups in total. The number of methoxy groups -OCH3 is 1. The summed E-state index contributed by atoms with van der Waals surface area (Å²) in [6, 6.07) is 4.18. The van der Waals surface area contributed by atoms with Crippen molar-refractivity contribution < 1.29 is 36.2 Å². The summed E-state index contributed by atoms with van der Waals surface area (Å²) in [6.45, 7) is 0. The molecule has 2 aliphatic rings. The van der Waals surface area contributed by atoms with Gasteiger partial charge in [0, 0.05) is 17.3 Å². The van der Waals surface area contributed by atoms with Gasteiger partial charge in [0.15, 0.2) is 29.0 Å². The van der Waals surface area contributed by atoms with Crippen LogP contribution in [0, 0.1) is 40.4 Å². The molecule has 0 saturated carbocycles. The Morgan fingerprint density at radius 2 is 1.60 bits per heavy atom. The molecule has 1 aromatic heterocycles. The number of benzene rings is 1. The first-order valence-corrected chi connectivity index (χ1v) is 10.0. The van der Waals surface area contributed by atoms with Gasteiger partial charge in [0.05, 0.1) is 24.1 Å². The van der Waals surface area contributed by atoms with E-state index >= 15 is 0 Å². The quantitative estimate of drug-likeness (QED) is 0.186. The number of aromatic amines is 1. The molecule has 2 aliphatic heterocycles. The summed E-state index contributed by atoms with van der Waals surface area (Å²) in [5.74, 6) is -12.3. The maximum atomic E-state index is 14.8. The molecular formula is C22H8Cl2F5N3O3. The van der Waals surface area contributed by atoms with Gasteiger partial charge in [-0.2, -0.15) is 5.26 Å². The number of nitrogens with zero attached hydrogens (tertiary/aromatic N) is 2. The highest BCUT2D eigenvalue weighted by atomic mass is 35.5. The lowest BCUT2D eigenvalue weighted by atomic mass is 9.98. The van der Waals surface area contributed by atoms with E-state index in [0.29, 0.717) is 0 Å². The van der Waals surface area contributed by atoms with Crippen molar-refractivity contribution in [1.82, 2.24) is 4.98 Å². The Kier molecular flexibility index (Phi) is 6.27. The number of aromatic nitrogens is 1. The molecule has 13 heteroatoms. The number of esters is 1. The van der Waals surface area contributed by atoms with E-state index in [1.54, 1.807) is 6.07 Å². The van der Waals surface area contributed by atoms with Gasteiger partial charge in [-0.25, -0.2) is 31.7 Å². The summed E-state index contributed by atoms with van der Waals surface area (Å²) in [5.41, 5.74) is -2.61. The molecule has 0 saturated heterocycles. The Bertz CT molecular complexity index is 1480. The average molecular weight is 528 g/mol. The summed E-state index contributed by atoms with van der Waals surface area (Å²) >= 11 is 11.7. The maximum absolute atomic E-state index is 14.8. The van der Waals surface area contributed by atoms with Gasteiger partial charge in [-0.1, -0.05) is 23.2 Å². The first-order chi connectivity index (χ1) is 16.6. The largest absolute Gasteiger partial charge is 0.481 e. The monoisotopic (exact) mass is 527 g/mol. The molecule has 1 aromatic carbocycles. The Morgan fingerprint density at radius 3 is 2.11 bits per heavy atom. The third-order valence-corrected chi connectivity index (χ3v) is 5.67. The molecule has 178 valence electrons. The zero-order chi connectivity index (χ0) is 25.6. The second-order valence-electron chi connectivity index (χ2n) is 6.81. The van der Waals surface area contributed by atoms with E-state index in [-0.39, 0.29) is 39.3 Å². The zero-order valence-corrected chi connectivity index (χ0v) is 18.6. The topological polar surface area (TPSA) is 87.5 Å². The molecule has 6 nitrogen and oxygen atoms in total. The highest BCUT2D eigenvalue weighted by Crippen LogP contribution is 2.39. The van der Waals surface area contributed by atoms with E-state index in [2.05, 4.69) is 9.98 Å². The van der Waals surface area contributed by atoms with Gasteiger partial charge < -0.3 is 14.5 Å². The van der Waals surface area contributed by atoms with Crippen molar-refractivity contribution in [2.24, 2.45) is 4.99 Å². The summed E-state index contributed by atoms with van der Waals surface area (Å²) < 4.78 is 81.0. The Balaban J connectivity index is 1.98. The summed E-state index contributed by atoms with van der Waals surface area (Å²) in [4.78, 5) is 18.3. The number of carbonyl (C=O) groups is 1. The van der Waals surface area contributed by atoms with Crippen LogP contribution in [-0.4, -0.2) is 24.0 Å². The van der Waals surface area contributed by atoms with Gasteiger partial charge in [-0.05, 0) is 18.2 Å². The van der Waals surface area contributed by atoms with E-state index in [0.717, 1.165) is 0 Å². The van der Waals surface area contributed by atoms with Crippen LogP contribution < -0.4 is 0 Å². The number of halogens is 7. The number of hydrogen-bond acceptors (Lipinski definition) is 5. The standard InChI is InChI=1S/C22H8Cl2F5N3O3/c1-34-11-5-4-10(32-11)12(13-16(25)18(27)20(29)19(28)17(13)26)9-3-2-8(31-9)7(6-30)21-14(23)15(24)22(33)35-21/h2-5,31H,1H3/b12-10+,21-7-. The summed E-state index contributed by atoms with van der Waals surface area (Å²) in [7, 11) is 1.26. The second-order valence-corrected chi connectivity index (χ2v) is 7.57. The SMILES string of the molecule is COC1=N/C(=C(\c2ccc(/C(C#N)=C3\OC(=O)C(Cl)=C3Cl)[nH]2)c2c(F)c(F)c(F)c(F)c2F)C=C1. The lowest BCUT2D eigenvalue weighted by Crippen LogP contribution is -2.08. The van der Waals surface area contributed by atoms with E-state index in [1.165, 1.54) is 31.4 Å². The molecule has 0 amide bonds. The van der Waals surface area contributed by atoms with Gasteiger partial charge in [0.2, 0.25) is 11.7 Å². The number of carbonyl (C=O) groups excluding carboxylic acids is 1. The third-order valence-electron chi connectivity index (χ3n) is 4.87. The molecule has 3 heterocycles. The number of ether oxygens (including phenoxy) is 2. The maximum Gasteiger partial charge on any atom is 0.356 e. The lowest BCUT2D eigenvalue weighted by molar-refractivity contribution is -0.132. The van der Waals surface area contributed by atoms with Crippen LogP contribution >= 0.6 is 23.2 Å². The van der Waals surface area contributed by atoms with Gasteiger partial charge in [-0.15, -0.1) is 0 Å². The fourth-order valence-electron chi connectivity index (χ4n) is 3.27. The zero-order valence-electron chi connectivity index (χ0n) is 17.1. The molecule has 0 radical (unpaired) electrons. The minimum Gasteiger partial charge on any atom is -0.481 e. The molecule has 4 rings (SSSR count). The van der Waals surface area contributed by atoms with Gasteiger partial charge in [0.1, 0.15) is 21.7 Å². The van der Waals surface area contributed by atoms with Crippen molar-refractivity contribution in [1.29, 1.82) is 5.26 Å². The van der Waals surface area contributed by atoms with E-state index in [1.807, 2.05) is 0 Å². The number of aliphatic imine (C=N–C) groups is 1. The molecule has 0 spiro atoms. The number of cyclic esters (lactones) is 1. The molecule has 0 bridgehead atoms. The molecule has 2 aromatic rings. The van der Waals surface area contributed by atoms with Crippen LogP contribution in [0.15, 0.2) is 50.8 Å². The summed E-state index contributed by atoms with van der Waals surface area (Å²) in [5, 5.41) is 8.78. The smallest absolute Gasteiger partial charge is 0.356 e. The average Bonchev–Trinajstić information content (AvgIpc) is 3.58. The van der Waals surface area contributed by atoms with Crippen LogP contribution in [0.3, 0.4) is 0 Å². The molecule has 0 atom stereocenters. The molecule has 35 heavy (non-hydrogen) atoms. The van der Waals surface area contributed by atoms with Crippen LogP contribution in [-0.2, 0) is 14.3 Å². The fraction of sp³-hybridized carbons (Fsp3) is 0.0455. The lowest BCUT2D eigenvalue weighted by Gasteiger charge is -2.13. The third kappa shape index (κ3) is 3.90. The van der Waals surface area contributed by atoms with Crippen molar-refractivity contribution >= 4 is 46.2 Å². The molecule has 0 aliphatic carbocycles. The highest BCUT2D eigenvalue weighted by molar-refractivity contribution is 6.50. The van der Waals surface area contributed by atoms with Crippen molar-refractivity contribution in [2.75, 3.05) is 7.11 Å². The first-order valence-electron chi connectivity index (χ1n) is 9.29. The molecule has 0 unspecified atom stereocenters. The van der Waals surface area contributed by atoms with Gasteiger partial charge >= 0.3 is 5.97 Å².